The molecule has 0 unspecified atom stereocenters. The van der Waals surface area contributed by atoms with Crippen molar-refractivity contribution < 1.29 is 53.4 Å². The molecule has 13 nitrogen and oxygen atoms in total. The summed E-state index contributed by atoms with van der Waals surface area (Å²) in [7, 11) is -7.58. The van der Waals surface area contributed by atoms with Crippen LogP contribution in [0.1, 0.15) is 64.7 Å². The van der Waals surface area contributed by atoms with Crippen molar-refractivity contribution in [1.82, 2.24) is 5.32 Å². The van der Waals surface area contributed by atoms with E-state index in [1.54, 1.807) is 41.5 Å². The van der Waals surface area contributed by atoms with Crippen molar-refractivity contribution in [3.63, 3.8) is 0 Å². The van der Waals surface area contributed by atoms with E-state index >= 15 is 4.39 Å². The molecule has 0 radical (unpaired) electrons. The third-order valence-electron chi connectivity index (χ3n) is 4.92. The predicted molar refractivity (Wildman–Crippen MR) is 152 cm³/mol. The van der Waals surface area contributed by atoms with E-state index in [4.69, 9.17) is 17.8 Å². The third-order valence-corrected chi connectivity index (χ3v) is 6.11. The number of carbonyl (C=O) groups is 3. The van der Waals surface area contributed by atoms with Crippen molar-refractivity contribution in [2.24, 2.45) is 0 Å². The summed E-state index contributed by atoms with van der Waals surface area (Å²) in [5.74, 6) is -3.10. The second-order valence-corrected chi connectivity index (χ2v) is 14.7. The van der Waals surface area contributed by atoms with Crippen molar-refractivity contribution >= 4 is 43.8 Å². The first-order valence-corrected chi connectivity index (χ1v) is 16.6. The molecule has 1 amide bonds. The van der Waals surface area contributed by atoms with Gasteiger partial charge in [-0.05, 0) is 66.2 Å². The van der Waals surface area contributed by atoms with Gasteiger partial charge in [0.1, 0.15) is 23.1 Å². The Balaban J connectivity index is 3.15. The topological polar surface area (TPSA) is 172 Å². The van der Waals surface area contributed by atoms with E-state index in [1.807, 2.05) is 0 Å². The highest BCUT2D eigenvalue weighted by atomic mass is 32.2. The average Bonchev–Trinajstić information content (AvgIpc) is 2.76. The first kappa shape index (κ1) is 37.2. The number of nitrogens with zero attached hydrogens (tertiary/aromatic N) is 1. The van der Waals surface area contributed by atoms with Crippen LogP contribution >= 0.6 is 0 Å². The summed E-state index contributed by atoms with van der Waals surface area (Å²) >= 11 is 0. The highest BCUT2D eigenvalue weighted by Crippen LogP contribution is 2.22. The van der Waals surface area contributed by atoms with Crippen LogP contribution in [0.25, 0.3) is 0 Å². The Bertz CT molecular complexity index is 1280. The molecule has 16 heteroatoms. The molecule has 0 spiro atoms. The molecule has 1 N–H and O–H groups in total. The van der Waals surface area contributed by atoms with Crippen LogP contribution < -0.4 is 10.2 Å². The van der Waals surface area contributed by atoms with Crippen LogP contribution in [0.2, 0.25) is 0 Å². The molecule has 0 heterocycles. The number of anilines is 1. The Hall–Kier alpha value is -2.82. The molecule has 0 fully saturated rings. The summed E-state index contributed by atoms with van der Waals surface area (Å²) in [5, 5.41) is 2.48. The maximum atomic E-state index is 15.2. The maximum absolute atomic E-state index is 15.2. The number of hydrogen-bond donors (Lipinski definition) is 1. The van der Waals surface area contributed by atoms with Gasteiger partial charge in [0.25, 0.3) is 26.1 Å². The van der Waals surface area contributed by atoms with Crippen LogP contribution in [-0.4, -0.2) is 90.7 Å². The Morgan fingerprint density at radius 1 is 0.881 bits per heavy atom. The zero-order chi connectivity index (χ0) is 32.5. The standard InChI is InChI=1S/C26H41FN2O11S2/c1-25(2,3)39-22(30)12-10-20(24(32)40-26(4,5)6)28-23(31)18-9-11-21(19(27)17-18)29(13-15-37-41(7,33)34)14-16-38-42(8,35)36/h9,11,17,20H,10,12-16H2,1-8H3,(H,28,31)/t20-/m0/s1. The van der Waals surface area contributed by atoms with Crippen LogP contribution in [0.5, 0.6) is 0 Å². The molecule has 1 atom stereocenters. The van der Waals surface area contributed by atoms with Gasteiger partial charge >= 0.3 is 11.9 Å². The van der Waals surface area contributed by atoms with Gasteiger partial charge in [0, 0.05) is 25.1 Å². The summed E-state index contributed by atoms with van der Waals surface area (Å²) in [6.45, 7) is 8.93. The van der Waals surface area contributed by atoms with Crippen LogP contribution in [0, 0.1) is 5.82 Å². The molecule has 0 aliphatic heterocycles. The Labute approximate surface area is 247 Å². The molecule has 0 aromatic heterocycles. The first-order valence-electron chi connectivity index (χ1n) is 12.9. The molecule has 0 saturated carbocycles. The van der Waals surface area contributed by atoms with Crippen molar-refractivity contribution in [3.05, 3.63) is 29.6 Å². The van der Waals surface area contributed by atoms with E-state index in [0.717, 1.165) is 18.6 Å². The molecule has 42 heavy (non-hydrogen) atoms. The van der Waals surface area contributed by atoms with Crippen molar-refractivity contribution in [2.45, 2.75) is 71.6 Å². The SMILES string of the molecule is CC(C)(C)OC(=O)CC[C@H](NC(=O)c1ccc(N(CCOS(C)(=O)=O)CCOS(C)(=O)=O)c(F)c1)C(=O)OC(C)(C)C. The lowest BCUT2D eigenvalue weighted by atomic mass is 10.1. The Morgan fingerprint density at radius 3 is 1.81 bits per heavy atom. The van der Waals surface area contributed by atoms with Gasteiger partial charge in [0.15, 0.2) is 0 Å². The normalized spacial score (nSPS) is 13.3. The lowest BCUT2D eigenvalue weighted by Gasteiger charge is -2.26. The molecule has 240 valence electrons. The quantitative estimate of drug-likeness (QED) is 0.219. The molecule has 0 saturated heterocycles. The summed E-state index contributed by atoms with van der Waals surface area (Å²) in [5.41, 5.74) is -1.88. The molecule has 1 aromatic carbocycles. The van der Waals surface area contributed by atoms with E-state index in [0.29, 0.717) is 0 Å². The van der Waals surface area contributed by atoms with E-state index in [-0.39, 0.29) is 50.4 Å². The van der Waals surface area contributed by atoms with E-state index < -0.39 is 61.1 Å². The molecule has 1 aromatic rings. The van der Waals surface area contributed by atoms with Crippen LogP contribution in [0.3, 0.4) is 0 Å². The lowest BCUT2D eigenvalue weighted by molar-refractivity contribution is -0.158. The molecule has 0 aliphatic rings. The van der Waals surface area contributed by atoms with Gasteiger partial charge in [-0.3, -0.25) is 18.0 Å². The highest BCUT2D eigenvalue weighted by Gasteiger charge is 2.29. The van der Waals surface area contributed by atoms with E-state index in [1.165, 1.54) is 17.0 Å². The largest absolute Gasteiger partial charge is 0.460 e. The minimum absolute atomic E-state index is 0.0885. The first-order chi connectivity index (χ1) is 19.0. The molecular formula is C26H41FN2O11S2. The van der Waals surface area contributed by atoms with Gasteiger partial charge in [-0.15, -0.1) is 0 Å². The second-order valence-electron chi connectivity index (χ2n) is 11.4. The number of amides is 1. The van der Waals surface area contributed by atoms with Gasteiger partial charge in [-0.1, -0.05) is 0 Å². The fourth-order valence-corrected chi connectivity index (χ4v) is 4.13. The fraction of sp³-hybridized carbons (Fsp3) is 0.654. The van der Waals surface area contributed by atoms with E-state index in [2.05, 4.69) is 5.32 Å². The third kappa shape index (κ3) is 16.0. The zero-order valence-corrected chi connectivity index (χ0v) is 26.8. The molecule has 1 rings (SSSR count). The highest BCUT2D eigenvalue weighted by molar-refractivity contribution is 7.86. The number of rotatable bonds is 15. The second kappa shape index (κ2) is 15.1. The van der Waals surface area contributed by atoms with Gasteiger partial charge < -0.3 is 19.7 Å². The Kier molecular flexibility index (Phi) is 13.3. The monoisotopic (exact) mass is 640 g/mol. The van der Waals surface area contributed by atoms with Crippen LogP contribution in [0.15, 0.2) is 18.2 Å². The number of carbonyl (C=O) groups excluding carboxylic acids is 3. The fourth-order valence-electron chi connectivity index (χ4n) is 3.37. The number of ether oxygens (including phenoxy) is 2. The van der Waals surface area contributed by atoms with Gasteiger partial charge in [0.05, 0.1) is 31.4 Å². The smallest absolute Gasteiger partial charge is 0.329 e. The minimum atomic E-state index is -3.79. The summed E-state index contributed by atoms with van der Waals surface area (Å²) in [6.07, 6.45) is 1.35. The van der Waals surface area contributed by atoms with Crippen molar-refractivity contribution in [2.75, 3.05) is 43.7 Å². The molecule has 0 aliphatic carbocycles. The number of nitrogens with one attached hydrogen (secondary N) is 1. The van der Waals surface area contributed by atoms with Gasteiger partial charge in [0.2, 0.25) is 0 Å². The molecular weight excluding hydrogens is 599 g/mol. The predicted octanol–water partition coefficient (Wildman–Crippen LogP) is 2.15. The maximum Gasteiger partial charge on any atom is 0.329 e. The minimum Gasteiger partial charge on any atom is -0.460 e. The summed E-state index contributed by atoms with van der Waals surface area (Å²) in [4.78, 5) is 39.3. The Morgan fingerprint density at radius 2 is 1.38 bits per heavy atom. The van der Waals surface area contributed by atoms with Crippen LogP contribution in [0.4, 0.5) is 10.1 Å². The van der Waals surface area contributed by atoms with Crippen molar-refractivity contribution in [1.29, 1.82) is 0 Å². The van der Waals surface area contributed by atoms with E-state index in [9.17, 15) is 31.2 Å². The number of hydrogen-bond acceptors (Lipinski definition) is 12. The number of esters is 2. The number of benzene rings is 1. The molecule has 0 bridgehead atoms. The average molecular weight is 641 g/mol. The zero-order valence-electron chi connectivity index (χ0n) is 25.2. The number of halogens is 1. The lowest BCUT2D eigenvalue weighted by Crippen LogP contribution is -2.44. The van der Waals surface area contributed by atoms with Crippen molar-refractivity contribution in [3.8, 4) is 0 Å². The van der Waals surface area contributed by atoms with Gasteiger partial charge in [-0.25, -0.2) is 9.18 Å². The van der Waals surface area contributed by atoms with Crippen LogP contribution in [-0.2, 0) is 47.7 Å². The summed E-state index contributed by atoms with van der Waals surface area (Å²) < 4.78 is 80.5. The van der Waals surface area contributed by atoms with Gasteiger partial charge in [-0.2, -0.15) is 16.8 Å². The summed E-state index contributed by atoms with van der Waals surface area (Å²) in [6, 6.07) is 2.14.